The quantitative estimate of drug-likeness (QED) is 0.137. The van der Waals surface area contributed by atoms with Crippen molar-refractivity contribution in [3.05, 3.63) is 264 Å². The van der Waals surface area contributed by atoms with E-state index >= 15 is 0 Å². The van der Waals surface area contributed by atoms with Gasteiger partial charge in [0.05, 0.1) is 16.7 Å². The molecule has 4 nitrogen and oxygen atoms in total. The first-order valence-electron chi connectivity index (χ1n) is 24.9. The lowest BCUT2D eigenvalue weighted by Gasteiger charge is -2.32. The van der Waals surface area contributed by atoms with Crippen LogP contribution in [-0.2, 0) is 18.3 Å². The van der Waals surface area contributed by atoms with Crippen LogP contribution >= 0.6 is 0 Å². The Kier molecular flexibility index (Phi) is 9.47. The number of hydrogen-bond donors (Lipinski definition) is 0. The lowest BCUT2D eigenvalue weighted by Crippen LogP contribution is -2.23. The van der Waals surface area contributed by atoms with Crippen molar-refractivity contribution < 1.29 is 9.47 Å². The monoisotopic (exact) mass is 914 g/mol. The Morgan fingerprint density at radius 2 is 0.930 bits per heavy atom. The topological polar surface area (TPSA) is 26.6 Å². The van der Waals surface area contributed by atoms with E-state index in [-0.39, 0.29) is 17.6 Å². The second-order valence-electron chi connectivity index (χ2n) is 20.0. The number of hydrogen-bond acceptors (Lipinski definition) is 3. The largest absolute Gasteiger partial charge is 0.485 e. The highest BCUT2D eigenvalue weighted by Gasteiger charge is 2.36. The van der Waals surface area contributed by atoms with E-state index in [2.05, 4.69) is 254 Å². The highest BCUT2D eigenvalue weighted by atomic mass is 16.5. The molecule has 0 radical (unpaired) electrons. The van der Waals surface area contributed by atoms with Crippen LogP contribution < -0.4 is 14.4 Å². The van der Waals surface area contributed by atoms with Crippen molar-refractivity contribution in [3.8, 4) is 50.6 Å². The predicted octanol–water partition coefficient (Wildman–Crippen LogP) is 17.2. The van der Waals surface area contributed by atoms with Gasteiger partial charge < -0.3 is 18.9 Å². The summed E-state index contributed by atoms with van der Waals surface area (Å²) in [6.07, 6.45) is 1.81. The first-order valence-corrected chi connectivity index (χ1v) is 24.9. The van der Waals surface area contributed by atoms with Crippen LogP contribution in [0.5, 0.6) is 11.5 Å². The molecule has 71 heavy (non-hydrogen) atoms. The fraction of sp³-hybridized carbons (Fsp3) is 0.104. The molecule has 11 aromatic rings. The van der Waals surface area contributed by atoms with Gasteiger partial charge in [-0.3, -0.25) is 0 Å². The molecule has 0 N–H and O–H groups in total. The minimum absolute atomic E-state index is 0.0107. The van der Waals surface area contributed by atoms with E-state index in [1.807, 2.05) is 0 Å². The van der Waals surface area contributed by atoms with Crippen molar-refractivity contribution >= 4 is 38.9 Å². The van der Waals surface area contributed by atoms with E-state index in [9.17, 15) is 0 Å². The lowest BCUT2D eigenvalue weighted by atomic mass is 9.82. The molecule has 14 rings (SSSR count). The van der Waals surface area contributed by atoms with E-state index < -0.39 is 0 Å². The molecule has 10 aromatic carbocycles. The number of para-hydroxylation sites is 1. The van der Waals surface area contributed by atoms with E-state index in [0.29, 0.717) is 0 Å². The average molecular weight is 915 g/mol. The Labute approximate surface area is 414 Å². The normalized spacial score (nSPS) is 15.7. The van der Waals surface area contributed by atoms with Crippen molar-refractivity contribution in [2.45, 2.75) is 44.3 Å². The van der Waals surface area contributed by atoms with Crippen molar-refractivity contribution in [2.75, 3.05) is 4.90 Å². The van der Waals surface area contributed by atoms with Crippen LogP contribution in [0.3, 0.4) is 0 Å². The Bertz CT molecular complexity index is 3790. The average Bonchev–Trinajstić information content (AvgIpc) is 3.85. The third kappa shape index (κ3) is 6.88. The van der Waals surface area contributed by atoms with Gasteiger partial charge in [-0.15, -0.1) is 0 Å². The molecule has 1 aromatic heterocycles. The van der Waals surface area contributed by atoms with Crippen LogP contribution in [0.4, 0.5) is 17.1 Å². The predicted molar refractivity (Wildman–Crippen MR) is 291 cm³/mol. The summed E-state index contributed by atoms with van der Waals surface area (Å²) in [6.45, 7) is 4.71. The number of rotatable bonds is 10. The fourth-order valence-corrected chi connectivity index (χ4v) is 11.7. The molecule has 2 atom stereocenters. The van der Waals surface area contributed by atoms with Crippen LogP contribution in [0.25, 0.3) is 60.9 Å². The van der Waals surface area contributed by atoms with Crippen LogP contribution in [-0.4, -0.2) is 4.57 Å². The van der Waals surface area contributed by atoms with Gasteiger partial charge in [0.1, 0.15) is 23.7 Å². The molecule has 0 bridgehead atoms. The zero-order chi connectivity index (χ0) is 47.2. The summed E-state index contributed by atoms with van der Waals surface area (Å²) in [4.78, 5) is 2.40. The summed E-state index contributed by atoms with van der Waals surface area (Å²) < 4.78 is 16.0. The first-order chi connectivity index (χ1) is 34.9. The van der Waals surface area contributed by atoms with Gasteiger partial charge in [-0.2, -0.15) is 0 Å². The molecule has 0 spiro atoms. The van der Waals surface area contributed by atoms with Crippen molar-refractivity contribution in [3.63, 3.8) is 0 Å². The van der Waals surface area contributed by atoms with Crippen LogP contribution in [0.1, 0.15) is 59.4 Å². The van der Waals surface area contributed by atoms with Crippen molar-refractivity contribution in [2.24, 2.45) is 0 Å². The highest BCUT2D eigenvalue weighted by molar-refractivity contribution is 6.10. The SMILES string of the molecule is CC1(C)c2ccccc2-c2ccc(N(c3ccc(-c4ccccc4)cc3)c3ccc(-c4ccc5c(c4)c4ccccc4n5-c4cc(OC5Cc6ccccc65)cc(OC5Cc6ccccc65)c4)cc3)cc21. The molecule has 0 saturated carbocycles. The Morgan fingerprint density at radius 3 is 1.61 bits per heavy atom. The maximum absolute atomic E-state index is 6.81. The van der Waals surface area contributed by atoms with E-state index in [0.717, 1.165) is 69.3 Å². The van der Waals surface area contributed by atoms with Gasteiger partial charge in [-0.05, 0) is 121 Å². The number of nitrogens with zero attached hydrogens (tertiary/aromatic N) is 2. The number of ether oxygens (including phenoxy) is 2. The summed E-state index contributed by atoms with van der Waals surface area (Å²) >= 11 is 0. The molecule has 0 aliphatic heterocycles. The van der Waals surface area contributed by atoms with Gasteiger partial charge in [0.15, 0.2) is 0 Å². The zero-order valence-corrected chi connectivity index (χ0v) is 39.7. The standard InChI is InChI=1S/C67H50N2O2/c1-67(2)61-22-12-10-20-57(61)58-34-33-51(41-62(58)67)68(49-29-24-44(25-30-49)43-14-4-3-5-15-43)50-31-26-45(27-32-50)46-28-35-64-60(36-46)59-21-11-13-23-63(59)69(64)52-39-53(70-65-37-47-16-6-8-18-55(47)65)42-54(40-52)71-66-38-48-17-7-9-19-56(48)66/h3-36,39-42,65-66H,37-38H2,1-2H3. The summed E-state index contributed by atoms with van der Waals surface area (Å²) in [5.74, 6) is 1.62. The fourth-order valence-electron chi connectivity index (χ4n) is 11.7. The molecule has 0 fully saturated rings. The summed E-state index contributed by atoms with van der Waals surface area (Å²) in [5.41, 5.74) is 21.8. The van der Waals surface area contributed by atoms with Crippen LogP contribution in [0, 0.1) is 0 Å². The number of benzene rings is 10. The molecule has 3 aliphatic carbocycles. The summed E-state index contributed by atoms with van der Waals surface area (Å²) in [6, 6.07) is 83.8. The number of anilines is 3. The summed E-state index contributed by atoms with van der Waals surface area (Å²) in [7, 11) is 0. The van der Waals surface area contributed by atoms with Gasteiger partial charge in [0.2, 0.25) is 0 Å². The maximum Gasteiger partial charge on any atom is 0.128 e. The van der Waals surface area contributed by atoms with Crippen molar-refractivity contribution in [1.29, 1.82) is 0 Å². The molecule has 0 saturated heterocycles. The van der Waals surface area contributed by atoms with E-state index in [1.165, 1.54) is 66.4 Å². The van der Waals surface area contributed by atoms with Gasteiger partial charge in [-0.1, -0.05) is 172 Å². The van der Waals surface area contributed by atoms with Crippen LogP contribution in [0.2, 0.25) is 0 Å². The number of fused-ring (bicyclic) bond motifs is 8. The minimum atomic E-state index is -0.116. The lowest BCUT2D eigenvalue weighted by molar-refractivity contribution is 0.170. The molecule has 1 heterocycles. The van der Waals surface area contributed by atoms with Gasteiger partial charge >= 0.3 is 0 Å². The Hall–Kier alpha value is -8.60. The van der Waals surface area contributed by atoms with Gasteiger partial charge in [0, 0.05) is 64.3 Å². The molecule has 340 valence electrons. The second-order valence-corrected chi connectivity index (χ2v) is 20.0. The van der Waals surface area contributed by atoms with E-state index in [4.69, 9.17) is 9.47 Å². The Balaban J connectivity index is 0.836. The molecule has 3 aliphatic rings. The molecule has 4 heteroatoms. The molecule has 0 amide bonds. The smallest absolute Gasteiger partial charge is 0.128 e. The molecule has 2 unspecified atom stereocenters. The summed E-state index contributed by atoms with van der Waals surface area (Å²) in [5, 5.41) is 2.39. The highest BCUT2D eigenvalue weighted by Crippen LogP contribution is 2.51. The minimum Gasteiger partial charge on any atom is -0.485 e. The zero-order valence-electron chi connectivity index (χ0n) is 39.7. The third-order valence-corrected chi connectivity index (χ3v) is 15.5. The van der Waals surface area contributed by atoms with Gasteiger partial charge in [0.25, 0.3) is 0 Å². The van der Waals surface area contributed by atoms with Crippen molar-refractivity contribution in [1.82, 2.24) is 4.57 Å². The van der Waals surface area contributed by atoms with E-state index in [1.54, 1.807) is 0 Å². The molecular weight excluding hydrogens is 865 g/mol. The number of aromatic nitrogens is 1. The van der Waals surface area contributed by atoms with Crippen LogP contribution in [0.15, 0.2) is 231 Å². The van der Waals surface area contributed by atoms with Gasteiger partial charge in [-0.25, -0.2) is 0 Å². The third-order valence-electron chi connectivity index (χ3n) is 15.5. The Morgan fingerprint density at radius 1 is 0.408 bits per heavy atom. The first kappa shape index (κ1) is 41.4. The second kappa shape index (κ2) is 16.3. The molecular formula is C67H50N2O2. The maximum atomic E-state index is 6.81.